The lowest BCUT2D eigenvalue weighted by molar-refractivity contribution is 0.497. The second-order valence-electron chi connectivity index (χ2n) is 4.01. The van der Waals surface area contributed by atoms with Crippen molar-refractivity contribution >= 4 is 41.9 Å². The summed E-state index contributed by atoms with van der Waals surface area (Å²) < 4.78 is 52.2. The highest BCUT2D eigenvalue weighted by Crippen LogP contribution is 2.19. The van der Waals surface area contributed by atoms with Crippen molar-refractivity contribution in [2.24, 2.45) is 0 Å². The summed E-state index contributed by atoms with van der Waals surface area (Å²) in [5.41, 5.74) is -0.760. The molecule has 1 N–H and O–H groups in total. The Hall–Kier alpha value is -0.0500. The molecule has 102 valence electrons. The van der Waals surface area contributed by atoms with Crippen LogP contribution < -0.4 is 4.72 Å². The molecular weight excluding hydrogens is 396 g/mol. The minimum atomic E-state index is -3.90. The number of rotatable bonds is 5. The number of benzene rings is 1. The fourth-order valence-electron chi connectivity index (χ4n) is 1.12. The molecule has 0 bridgehead atoms. The zero-order chi connectivity index (χ0) is 14.0. The molecule has 0 fully saturated rings. The van der Waals surface area contributed by atoms with Crippen LogP contribution in [0.1, 0.15) is 6.92 Å². The van der Waals surface area contributed by atoms with Crippen molar-refractivity contribution in [2.45, 2.75) is 17.4 Å². The van der Waals surface area contributed by atoms with E-state index in [2.05, 4.69) is 36.6 Å². The first-order valence-corrected chi connectivity index (χ1v) is 8.58. The maximum Gasteiger partial charge on any atom is 0.241 e. The highest BCUT2D eigenvalue weighted by molar-refractivity contribution is 9.09. The van der Waals surface area contributed by atoms with Gasteiger partial charge in [0, 0.05) is 16.2 Å². The van der Waals surface area contributed by atoms with Crippen molar-refractivity contribution < 1.29 is 17.2 Å². The summed E-state index contributed by atoms with van der Waals surface area (Å²) in [6, 6.07) is 2.45. The normalized spacial score (nSPS) is 12.7. The SMILES string of the molecule is CC(CBr)(CBr)NS(=O)(=O)c1ccc(F)c(F)c1. The van der Waals surface area contributed by atoms with E-state index in [9.17, 15) is 17.2 Å². The van der Waals surface area contributed by atoms with Crippen LogP contribution in [0.15, 0.2) is 23.1 Å². The smallest absolute Gasteiger partial charge is 0.207 e. The summed E-state index contributed by atoms with van der Waals surface area (Å²) in [6.07, 6.45) is 0. The molecule has 0 heterocycles. The molecule has 0 aromatic heterocycles. The van der Waals surface area contributed by atoms with E-state index in [0.717, 1.165) is 12.1 Å². The zero-order valence-electron chi connectivity index (χ0n) is 9.38. The molecule has 18 heavy (non-hydrogen) atoms. The molecular formula is C10H11Br2F2NO2S. The van der Waals surface area contributed by atoms with Gasteiger partial charge < -0.3 is 0 Å². The van der Waals surface area contributed by atoms with Crippen LogP contribution in [0.5, 0.6) is 0 Å². The molecule has 0 aliphatic carbocycles. The van der Waals surface area contributed by atoms with Gasteiger partial charge in [0.2, 0.25) is 10.0 Å². The number of hydrogen-bond acceptors (Lipinski definition) is 2. The molecule has 0 aliphatic heterocycles. The first-order valence-electron chi connectivity index (χ1n) is 4.85. The second-order valence-corrected chi connectivity index (χ2v) is 6.81. The van der Waals surface area contributed by atoms with Crippen molar-refractivity contribution in [3.05, 3.63) is 29.8 Å². The molecule has 3 nitrogen and oxygen atoms in total. The Morgan fingerprint density at radius 3 is 2.22 bits per heavy atom. The van der Waals surface area contributed by atoms with Gasteiger partial charge in [-0.2, -0.15) is 0 Å². The van der Waals surface area contributed by atoms with Crippen molar-refractivity contribution in [3.63, 3.8) is 0 Å². The third kappa shape index (κ3) is 3.72. The van der Waals surface area contributed by atoms with Crippen molar-refractivity contribution in [1.29, 1.82) is 0 Å². The maximum atomic E-state index is 13.0. The maximum absolute atomic E-state index is 13.0. The Balaban J connectivity index is 3.10. The molecule has 1 aromatic rings. The van der Waals surface area contributed by atoms with Crippen LogP contribution in [0, 0.1) is 11.6 Å². The predicted molar refractivity (Wildman–Crippen MR) is 72.7 cm³/mol. The third-order valence-electron chi connectivity index (χ3n) is 2.17. The Morgan fingerprint density at radius 1 is 1.22 bits per heavy atom. The van der Waals surface area contributed by atoms with E-state index in [1.807, 2.05) is 0 Å². The minimum Gasteiger partial charge on any atom is -0.207 e. The molecule has 0 amide bonds. The second kappa shape index (κ2) is 5.94. The molecule has 1 rings (SSSR count). The Bertz CT molecular complexity index is 533. The van der Waals surface area contributed by atoms with Crippen LogP contribution >= 0.6 is 31.9 Å². The topological polar surface area (TPSA) is 46.2 Å². The van der Waals surface area contributed by atoms with Gasteiger partial charge >= 0.3 is 0 Å². The molecule has 0 saturated carbocycles. The van der Waals surface area contributed by atoms with Gasteiger partial charge in [-0.1, -0.05) is 31.9 Å². The highest BCUT2D eigenvalue weighted by atomic mass is 79.9. The molecule has 0 unspecified atom stereocenters. The quantitative estimate of drug-likeness (QED) is 0.764. The van der Waals surface area contributed by atoms with Gasteiger partial charge in [-0.05, 0) is 25.1 Å². The monoisotopic (exact) mass is 405 g/mol. The third-order valence-corrected chi connectivity index (χ3v) is 6.28. The molecule has 1 aromatic carbocycles. The minimum absolute atomic E-state index is 0.311. The molecule has 0 atom stereocenters. The standard InChI is InChI=1S/C10H11Br2F2NO2S/c1-10(5-11,6-12)15-18(16,17)7-2-3-8(13)9(14)4-7/h2-4,15H,5-6H2,1H3. The Morgan fingerprint density at radius 2 is 1.78 bits per heavy atom. The lowest BCUT2D eigenvalue weighted by Gasteiger charge is -2.26. The van der Waals surface area contributed by atoms with Crippen LogP contribution in [0.25, 0.3) is 0 Å². The van der Waals surface area contributed by atoms with E-state index in [1.54, 1.807) is 6.92 Å². The summed E-state index contributed by atoms with van der Waals surface area (Å²) in [7, 11) is -3.90. The zero-order valence-corrected chi connectivity index (χ0v) is 13.4. The van der Waals surface area contributed by atoms with Gasteiger partial charge in [0.15, 0.2) is 11.6 Å². The van der Waals surface area contributed by atoms with Gasteiger partial charge in [0.1, 0.15) is 0 Å². The molecule has 0 aliphatic rings. The van der Waals surface area contributed by atoms with Gasteiger partial charge in [0.25, 0.3) is 0 Å². The van der Waals surface area contributed by atoms with Gasteiger partial charge in [-0.25, -0.2) is 21.9 Å². The van der Waals surface area contributed by atoms with E-state index in [1.165, 1.54) is 0 Å². The molecule has 8 heteroatoms. The van der Waals surface area contributed by atoms with Crippen LogP contribution in [0.4, 0.5) is 8.78 Å². The van der Waals surface area contributed by atoms with Gasteiger partial charge in [-0.3, -0.25) is 0 Å². The number of nitrogens with one attached hydrogen (secondary N) is 1. The van der Waals surface area contributed by atoms with E-state index < -0.39 is 27.2 Å². The van der Waals surface area contributed by atoms with Gasteiger partial charge in [-0.15, -0.1) is 0 Å². The summed E-state index contributed by atoms with van der Waals surface area (Å²) in [6.45, 7) is 1.67. The van der Waals surface area contributed by atoms with Gasteiger partial charge in [0.05, 0.1) is 4.90 Å². The largest absolute Gasteiger partial charge is 0.241 e. The fourth-order valence-corrected chi connectivity index (χ4v) is 4.11. The molecule has 0 saturated heterocycles. The number of sulfonamides is 1. The molecule has 0 radical (unpaired) electrons. The average Bonchev–Trinajstić information content (AvgIpc) is 2.32. The lowest BCUT2D eigenvalue weighted by Crippen LogP contribution is -2.48. The number of hydrogen-bond donors (Lipinski definition) is 1. The Labute approximate surface area is 121 Å². The van der Waals surface area contributed by atoms with Crippen molar-refractivity contribution in [1.82, 2.24) is 4.72 Å². The van der Waals surface area contributed by atoms with Crippen LogP contribution in [0.2, 0.25) is 0 Å². The summed E-state index contributed by atoms with van der Waals surface area (Å²) in [5, 5.41) is 0.738. The fraction of sp³-hybridized carbons (Fsp3) is 0.400. The van der Waals surface area contributed by atoms with E-state index in [0.29, 0.717) is 16.7 Å². The summed E-state index contributed by atoms with van der Waals surface area (Å²) >= 11 is 6.38. The van der Waals surface area contributed by atoms with Crippen LogP contribution in [-0.4, -0.2) is 24.6 Å². The van der Waals surface area contributed by atoms with Crippen LogP contribution in [0.3, 0.4) is 0 Å². The average molecular weight is 407 g/mol. The Kier molecular flexibility index (Phi) is 5.28. The highest BCUT2D eigenvalue weighted by Gasteiger charge is 2.29. The van der Waals surface area contributed by atoms with E-state index in [4.69, 9.17) is 0 Å². The molecule has 0 spiro atoms. The lowest BCUT2D eigenvalue weighted by atomic mass is 10.1. The first-order chi connectivity index (χ1) is 8.24. The van der Waals surface area contributed by atoms with Crippen LogP contribution in [-0.2, 0) is 10.0 Å². The van der Waals surface area contributed by atoms with E-state index >= 15 is 0 Å². The summed E-state index contributed by atoms with van der Waals surface area (Å²) in [4.78, 5) is -0.311. The van der Waals surface area contributed by atoms with Crippen molar-refractivity contribution in [2.75, 3.05) is 10.7 Å². The first kappa shape index (κ1) is 16.0. The predicted octanol–water partition coefficient (Wildman–Crippen LogP) is 2.79. The van der Waals surface area contributed by atoms with E-state index in [-0.39, 0.29) is 4.90 Å². The van der Waals surface area contributed by atoms with Crippen molar-refractivity contribution in [3.8, 4) is 0 Å². The summed E-state index contributed by atoms with van der Waals surface area (Å²) in [5.74, 6) is -2.28. The number of halogens is 4. The number of alkyl halides is 2.